The number of rotatable bonds is 15. The summed E-state index contributed by atoms with van der Waals surface area (Å²) in [5.74, 6) is 0.649. The van der Waals surface area contributed by atoms with Crippen LogP contribution in [0.25, 0.3) is 0 Å². The molecule has 0 heterocycles. The van der Waals surface area contributed by atoms with Crippen LogP contribution in [0.5, 0.6) is 11.5 Å². The van der Waals surface area contributed by atoms with Crippen molar-refractivity contribution in [3.63, 3.8) is 0 Å². The van der Waals surface area contributed by atoms with Gasteiger partial charge in [-0.3, -0.25) is 20.2 Å². The Balaban J connectivity index is 1.46. The fraction of sp³-hybridized carbons (Fsp3) is 0.455. The maximum Gasteiger partial charge on any atom is 0.310 e. The molecule has 0 aliphatic rings. The van der Waals surface area contributed by atoms with Crippen LogP contribution in [0.15, 0.2) is 48.5 Å². The lowest BCUT2D eigenvalue weighted by atomic mass is 10.1. The molecule has 30 heavy (non-hydrogen) atoms. The second-order valence-electron chi connectivity index (χ2n) is 6.98. The van der Waals surface area contributed by atoms with Crippen molar-refractivity contribution in [1.82, 2.24) is 0 Å². The van der Waals surface area contributed by atoms with Crippen LogP contribution < -0.4 is 9.47 Å². The van der Waals surface area contributed by atoms with Gasteiger partial charge in [0, 0.05) is 12.1 Å². The highest BCUT2D eigenvalue weighted by atomic mass is 16.6. The van der Waals surface area contributed by atoms with E-state index in [-0.39, 0.29) is 11.4 Å². The number of hydrogen-bond donors (Lipinski definition) is 0. The van der Waals surface area contributed by atoms with Gasteiger partial charge < -0.3 is 9.47 Å². The Labute approximate surface area is 176 Å². The summed E-state index contributed by atoms with van der Waals surface area (Å²) in [6.45, 7) is 0.960. The molecule has 0 bridgehead atoms. The summed E-state index contributed by atoms with van der Waals surface area (Å²) in [5.41, 5.74) is 0.00620. The van der Waals surface area contributed by atoms with Crippen LogP contribution in [-0.2, 0) is 0 Å². The normalized spacial score (nSPS) is 10.5. The van der Waals surface area contributed by atoms with Gasteiger partial charge in [0.15, 0.2) is 11.5 Å². The topological polar surface area (TPSA) is 105 Å². The van der Waals surface area contributed by atoms with E-state index in [9.17, 15) is 20.2 Å². The van der Waals surface area contributed by atoms with Gasteiger partial charge in [0.05, 0.1) is 23.1 Å². The smallest absolute Gasteiger partial charge is 0.310 e. The van der Waals surface area contributed by atoms with Gasteiger partial charge in [0.25, 0.3) is 0 Å². The van der Waals surface area contributed by atoms with Crippen molar-refractivity contribution < 1.29 is 19.3 Å². The zero-order chi connectivity index (χ0) is 21.6. The highest BCUT2D eigenvalue weighted by Gasteiger charge is 2.13. The Hall–Kier alpha value is -3.16. The fourth-order valence-electron chi connectivity index (χ4n) is 3.09. The van der Waals surface area contributed by atoms with Crippen molar-refractivity contribution in [2.45, 2.75) is 51.4 Å². The summed E-state index contributed by atoms with van der Waals surface area (Å²) >= 11 is 0. The Kier molecular flexibility index (Phi) is 10.1. The maximum atomic E-state index is 10.9. The lowest BCUT2D eigenvalue weighted by molar-refractivity contribution is -0.386. The summed E-state index contributed by atoms with van der Waals surface area (Å²) in [7, 11) is 0. The lowest BCUT2D eigenvalue weighted by Gasteiger charge is -2.07. The molecule has 0 amide bonds. The fourth-order valence-corrected chi connectivity index (χ4v) is 3.09. The Bertz CT molecular complexity index is 744. The van der Waals surface area contributed by atoms with Crippen LogP contribution in [-0.4, -0.2) is 23.1 Å². The number of para-hydroxylation sites is 4. The first-order chi connectivity index (χ1) is 14.6. The molecule has 0 unspecified atom stereocenters. The number of hydrogen-bond acceptors (Lipinski definition) is 6. The van der Waals surface area contributed by atoms with Crippen LogP contribution in [0.4, 0.5) is 11.4 Å². The zero-order valence-electron chi connectivity index (χ0n) is 17.0. The molecule has 0 N–H and O–H groups in total. The van der Waals surface area contributed by atoms with Gasteiger partial charge in [-0.1, -0.05) is 62.8 Å². The third kappa shape index (κ3) is 8.06. The minimum absolute atomic E-state index is 0.00310. The van der Waals surface area contributed by atoms with Crippen molar-refractivity contribution >= 4 is 11.4 Å². The van der Waals surface area contributed by atoms with E-state index in [0.29, 0.717) is 24.7 Å². The van der Waals surface area contributed by atoms with Crippen LogP contribution in [0.1, 0.15) is 51.4 Å². The van der Waals surface area contributed by atoms with Gasteiger partial charge >= 0.3 is 11.4 Å². The predicted molar refractivity (Wildman–Crippen MR) is 114 cm³/mol. The largest absolute Gasteiger partial charge is 0.487 e. The molecular formula is C22H28N2O6. The van der Waals surface area contributed by atoms with Gasteiger partial charge in [-0.15, -0.1) is 0 Å². The molecule has 0 aliphatic carbocycles. The Morgan fingerprint density at radius 3 is 1.27 bits per heavy atom. The van der Waals surface area contributed by atoms with E-state index in [0.717, 1.165) is 51.4 Å². The SMILES string of the molecule is O=[N+]([O-])c1ccccc1OCCCCCCCCCCOc1ccccc1[N+](=O)[O-]. The molecule has 0 atom stereocenters. The van der Waals surface area contributed by atoms with Crippen molar-refractivity contribution in [3.05, 3.63) is 68.8 Å². The standard InChI is InChI=1S/C22H28N2O6/c25-23(26)19-13-7-9-15-21(19)29-17-11-5-3-1-2-4-6-12-18-30-22-16-10-8-14-20(22)24(27)28/h7-10,13-16H,1-6,11-12,17-18H2. The van der Waals surface area contributed by atoms with Gasteiger partial charge in [0.2, 0.25) is 0 Å². The number of ether oxygens (including phenoxy) is 2. The summed E-state index contributed by atoms with van der Waals surface area (Å²) in [6, 6.07) is 12.9. The van der Waals surface area contributed by atoms with E-state index in [1.807, 2.05) is 0 Å². The Morgan fingerprint density at radius 2 is 0.900 bits per heavy atom. The second kappa shape index (κ2) is 13.1. The van der Waals surface area contributed by atoms with Crippen LogP contribution in [0, 0.1) is 20.2 Å². The summed E-state index contributed by atoms with van der Waals surface area (Å²) in [4.78, 5) is 21.0. The first kappa shape index (κ1) is 23.1. The van der Waals surface area contributed by atoms with Crippen molar-refractivity contribution in [1.29, 1.82) is 0 Å². The molecule has 0 saturated carbocycles. The molecule has 0 saturated heterocycles. The Morgan fingerprint density at radius 1 is 0.567 bits per heavy atom. The molecule has 8 nitrogen and oxygen atoms in total. The van der Waals surface area contributed by atoms with Crippen LogP contribution >= 0.6 is 0 Å². The lowest BCUT2D eigenvalue weighted by Crippen LogP contribution is -2.00. The quantitative estimate of drug-likeness (QED) is 0.198. The van der Waals surface area contributed by atoms with E-state index < -0.39 is 9.85 Å². The highest BCUT2D eigenvalue weighted by molar-refractivity contribution is 5.46. The summed E-state index contributed by atoms with van der Waals surface area (Å²) in [5, 5.41) is 21.9. The van der Waals surface area contributed by atoms with Gasteiger partial charge in [-0.2, -0.15) is 0 Å². The van der Waals surface area contributed by atoms with Crippen LogP contribution in [0.2, 0.25) is 0 Å². The highest BCUT2D eigenvalue weighted by Crippen LogP contribution is 2.27. The molecule has 8 heteroatoms. The average molecular weight is 416 g/mol. The van der Waals surface area contributed by atoms with Gasteiger partial charge in [-0.25, -0.2) is 0 Å². The predicted octanol–water partition coefficient (Wildman–Crippen LogP) is 6.08. The number of nitrogens with zero attached hydrogens (tertiary/aromatic N) is 2. The molecule has 2 aromatic rings. The van der Waals surface area contributed by atoms with Crippen molar-refractivity contribution in [3.8, 4) is 11.5 Å². The number of nitro groups is 2. The van der Waals surface area contributed by atoms with Crippen molar-refractivity contribution in [2.75, 3.05) is 13.2 Å². The maximum absolute atomic E-state index is 10.9. The van der Waals surface area contributed by atoms with Gasteiger partial charge in [-0.05, 0) is 25.0 Å². The zero-order valence-corrected chi connectivity index (χ0v) is 17.0. The minimum atomic E-state index is -0.429. The molecule has 162 valence electrons. The third-order valence-electron chi connectivity index (χ3n) is 4.68. The molecule has 2 rings (SSSR count). The number of benzene rings is 2. The molecule has 0 fully saturated rings. The third-order valence-corrected chi connectivity index (χ3v) is 4.68. The number of unbranched alkanes of at least 4 members (excludes halogenated alkanes) is 7. The molecule has 0 radical (unpaired) electrons. The molecule has 0 spiro atoms. The summed E-state index contributed by atoms with van der Waals surface area (Å²) < 4.78 is 11.1. The first-order valence-corrected chi connectivity index (χ1v) is 10.3. The summed E-state index contributed by atoms with van der Waals surface area (Å²) in [6.07, 6.45) is 8.28. The van der Waals surface area contributed by atoms with Gasteiger partial charge in [0.1, 0.15) is 0 Å². The first-order valence-electron chi connectivity index (χ1n) is 10.3. The van der Waals surface area contributed by atoms with E-state index in [1.165, 1.54) is 12.1 Å². The molecule has 0 aromatic heterocycles. The van der Waals surface area contributed by atoms with E-state index >= 15 is 0 Å². The number of nitro benzene ring substituents is 2. The molecule has 2 aromatic carbocycles. The van der Waals surface area contributed by atoms with E-state index in [1.54, 1.807) is 36.4 Å². The minimum Gasteiger partial charge on any atom is -0.487 e. The second-order valence-corrected chi connectivity index (χ2v) is 6.98. The monoisotopic (exact) mass is 416 g/mol. The van der Waals surface area contributed by atoms with Crippen molar-refractivity contribution in [2.24, 2.45) is 0 Å². The average Bonchev–Trinajstić information content (AvgIpc) is 2.74. The van der Waals surface area contributed by atoms with E-state index in [4.69, 9.17) is 9.47 Å². The van der Waals surface area contributed by atoms with Crippen LogP contribution in [0.3, 0.4) is 0 Å². The molecular weight excluding hydrogens is 388 g/mol. The molecule has 0 aliphatic heterocycles. The van der Waals surface area contributed by atoms with E-state index in [2.05, 4.69) is 0 Å².